The lowest BCUT2D eigenvalue weighted by Crippen LogP contribution is -2.44. The highest BCUT2D eigenvalue weighted by molar-refractivity contribution is 6.03. The van der Waals surface area contributed by atoms with Crippen LogP contribution in [0.4, 0.5) is 0 Å². The summed E-state index contributed by atoms with van der Waals surface area (Å²) in [4.78, 5) is 32.9. The quantitative estimate of drug-likeness (QED) is 0.749. The van der Waals surface area contributed by atoms with Crippen LogP contribution in [-0.2, 0) is 11.3 Å². The Morgan fingerprint density at radius 2 is 2.17 bits per heavy atom. The minimum atomic E-state index is -0.990. The molecule has 24 heavy (non-hydrogen) atoms. The molecule has 7 nitrogen and oxygen atoms in total. The van der Waals surface area contributed by atoms with Crippen LogP contribution in [-0.4, -0.2) is 51.0 Å². The van der Waals surface area contributed by atoms with Crippen LogP contribution < -0.4 is 5.32 Å². The lowest BCUT2D eigenvalue weighted by molar-refractivity contribution is -0.132. The fraction of sp³-hybridized carbons (Fsp3) is 0.471. The number of amides is 1. The van der Waals surface area contributed by atoms with Crippen molar-refractivity contribution in [2.75, 3.05) is 13.1 Å². The molecular formula is C17H22N4O3. The Labute approximate surface area is 140 Å². The number of aromatic amines is 1. The monoisotopic (exact) mass is 330 g/mol. The predicted molar refractivity (Wildman–Crippen MR) is 89.8 cm³/mol. The summed E-state index contributed by atoms with van der Waals surface area (Å²) in [7, 11) is 0. The maximum atomic E-state index is 12.5. The van der Waals surface area contributed by atoms with Crippen molar-refractivity contribution >= 4 is 22.9 Å². The van der Waals surface area contributed by atoms with Crippen molar-refractivity contribution in [1.82, 2.24) is 20.2 Å². The largest absolute Gasteiger partial charge is 0.478 e. The molecule has 0 bridgehead atoms. The van der Waals surface area contributed by atoms with Gasteiger partial charge in [0.25, 0.3) is 0 Å². The van der Waals surface area contributed by atoms with Gasteiger partial charge >= 0.3 is 5.97 Å². The minimum absolute atomic E-state index is 0.132. The second-order valence-electron chi connectivity index (χ2n) is 6.08. The lowest BCUT2D eigenvalue weighted by Gasteiger charge is -2.23. The fourth-order valence-electron chi connectivity index (χ4n) is 3.24. The Hall–Kier alpha value is -2.41. The van der Waals surface area contributed by atoms with Crippen molar-refractivity contribution in [3.63, 3.8) is 0 Å². The molecule has 1 amide bonds. The zero-order chi connectivity index (χ0) is 17.1. The van der Waals surface area contributed by atoms with Gasteiger partial charge < -0.3 is 20.3 Å². The van der Waals surface area contributed by atoms with Crippen molar-refractivity contribution in [3.05, 3.63) is 29.6 Å². The summed E-state index contributed by atoms with van der Waals surface area (Å²) < 4.78 is 0. The molecule has 3 heterocycles. The number of pyridine rings is 1. The number of carbonyl (C=O) groups is 2. The van der Waals surface area contributed by atoms with E-state index in [0.717, 1.165) is 31.5 Å². The van der Waals surface area contributed by atoms with Gasteiger partial charge in [0.15, 0.2) is 0 Å². The van der Waals surface area contributed by atoms with Gasteiger partial charge in [0.1, 0.15) is 5.65 Å². The summed E-state index contributed by atoms with van der Waals surface area (Å²) >= 11 is 0. The smallest absolute Gasteiger partial charge is 0.337 e. The Morgan fingerprint density at radius 1 is 1.42 bits per heavy atom. The highest BCUT2D eigenvalue weighted by Gasteiger charge is 2.25. The van der Waals surface area contributed by atoms with E-state index in [4.69, 9.17) is 0 Å². The molecule has 0 aromatic carbocycles. The molecule has 2 aromatic rings. The molecule has 1 saturated heterocycles. The zero-order valence-corrected chi connectivity index (χ0v) is 13.7. The number of fused-ring (bicyclic) bond motifs is 1. The van der Waals surface area contributed by atoms with Crippen molar-refractivity contribution in [1.29, 1.82) is 0 Å². The SMILES string of the molecule is CCC(NCc1ccnc2[nH]cc(C(=O)O)c12)C(=O)N1CCCC1. The normalized spacial score (nSPS) is 15.8. The Kier molecular flexibility index (Phi) is 4.80. The number of carboxylic acids is 1. The van der Waals surface area contributed by atoms with Crippen molar-refractivity contribution in [2.45, 2.75) is 38.8 Å². The van der Waals surface area contributed by atoms with Gasteiger partial charge in [0.05, 0.1) is 11.6 Å². The number of H-pyrrole nitrogens is 1. The average Bonchev–Trinajstić information content (AvgIpc) is 3.25. The number of nitrogens with one attached hydrogen (secondary N) is 2. The van der Waals surface area contributed by atoms with Crippen LogP contribution in [0.3, 0.4) is 0 Å². The third kappa shape index (κ3) is 3.12. The highest BCUT2D eigenvalue weighted by Crippen LogP contribution is 2.21. The fourth-order valence-corrected chi connectivity index (χ4v) is 3.24. The van der Waals surface area contributed by atoms with E-state index < -0.39 is 5.97 Å². The van der Waals surface area contributed by atoms with E-state index in [1.165, 1.54) is 6.20 Å². The maximum absolute atomic E-state index is 12.5. The van der Waals surface area contributed by atoms with Crippen molar-refractivity contribution in [3.8, 4) is 0 Å². The molecule has 1 unspecified atom stereocenters. The summed E-state index contributed by atoms with van der Waals surface area (Å²) in [6.07, 6.45) is 5.93. The first-order valence-electron chi connectivity index (χ1n) is 8.32. The summed E-state index contributed by atoms with van der Waals surface area (Å²) in [5, 5.41) is 13.2. The number of carboxylic acid groups (broad SMARTS) is 1. The van der Waals surface area contributed by atoms with Gasteiger partial charge in [-0.05, 0) is 30.9 Å². The number of hydrogen-bond donors (Lipinski definition) is 3. The minimum Gasteiger partial charge on any atom is -0.478 e. The Bertz CT molecular complexity index is 749. The van der Waals surface area contributed by atoms with Gasteiger partial charge in [-0.1, -0.05) is 6.92 Å². The van der Waals surface area contributed by atoms with Crippen LogP contribution in [0.5, 0.6) is 0 Å². The number of hydrogen-bond acceptors (Lipinski definition) is 4. The summed E-state index contributed by atoms with van der Waals surface area (Å²) in [6, 6.07) is 1.54. The summed E-state index contributed by atoms with van der Waals surface area (Å²) in [6.45, 7) is 4.07. The van der Waals surface area contributed by atoms with Gasteiger partial charge in [0, 0.05) is 37.4 Å². The van der Waals surface area contributed by atoms with Crippen LogP contribution in [0, 0.1) is 0 Å². The number of aromatic nitrogens is 2. The van der Waals surface area contributed by atoms with Crippen LogP contribution in [0.15, 0.2) is 18.5 Å². The molecule has 1 aliphatic heterocycles. The van der Waals surface area contributed by atoms with Gasteiger partial charge in [-0.3, -0.25) is 4.79 Å². The second kappa shape index (κ2) is 7.00. The zero-order valence-electron chi connectivity index (χ0n) is 13.7. The maximum Gasteiger partial charge on any atom is 0.337 e. The van der Waals surface area contributed by atoms with E-state index in [1.54, 1.807) is 12.3 Å². The van der Waals surface area contributed by atoms with E-state index in [0.29, 0.717) is 24.0 Å². The van der Waals surface area contributed by atoms with Gasteiger partial charge in [0.2, 0.25) is 5.91 Å². The number of rotatable bonds is 6. The van der Waals surface area contributed by atoms with Gasteiger partial charge in [-0.2, -0.15) is 0 Å². The number of likely N-dealkylation sites (tertiary alicyclic amines) is 1. The van der Waals surface area contributed by atoms with E-state index in [2.05, 4.69) is 15.3 Å². The predicted octanol–water partition coefficient (Wildman–Crippen LogP) is 1.75. The van der Waals surface area contributed by atoms with Gasteiger partial charge in [-0.25, -0.2) is 9.78 Å². The Balaban J connectivity index is 1.78. The topological polar surface area (TPSA) is 98.3 Å². The lowest BCUT2D eigenvalue weighted by atomic mass is 10.1. The molecule has 128 valence electrons. The van der Waals surface area contributed by atoms with E-state index in [9.17, 15) is 14.7 Å². The van der Waals surface area contributed by atoms with E-state index in [-0.39, 0.29) is 17.5 Å². The molecule has 1 fully saturated rings. The molecule has 0 spiro atoms. The first-order valence-corrected chi connectivity index (χ1v) is 8.32. The molecule has 1 aliphatic rings. The molecule has 1 atom stereocenters. The molecule has 3 rings (SSSR count). The van der Waals surface area contributed by atoms with Gasteiger partial charge in [-0.15, -0.1) is 0 Å². The van der Waals surface area contributed by atoms with Crippen LogP contribution in [0.2, 0.25) is 0 Å². The number of aromatic carboxylic acids is 1. The van der Waals surface area contributed by atoms with Crippen LogP contribution in [0.25, 0.3) is 11.0 Å². The van der Waals surface area contributed by atoms with Crippen LogP contribution >= 0.6 is 0 Å². The third-order valence-electron chi connectivity index (χ3n) is 4.55. The molecular weight excluding hydrogens is 308 g/mol. The second-order valence-corrected chi connectivity index (χ2v) is 6.08. The first-order chi connectivity index (χ1) is 11.6. The van der Waals surface area contributed by atoms with E-state index >= 15 is 0 Å². The molecule has 0 aliphatic carbocycles. The van der Waals surface area contributed by atoms with Crippen LogP contribution in [0.1, 0.15) is 42.1 Å². The molecule has 3 N–H and O–H groups in total. The Morgan fingerprint density at radius 3 is 2.83 bits per heavy atom. The summed E-state index contributed by atoms with van der Waals surface area (Å²) in [5.41, 5.74) is 1.57. The number of nitrogens with zero attached hydrogens (tertiary/aromatic N) is 2. The number of carbonyl (C=O) groups excluding carboxylic acids is 1. The highest BCUT2D eigenvalue weighted by atomic mass is 16.4. The van der Waals surface area contributed by atoms with E-state index in [1.807, 2.05) is 11.8 Å². The first kappa shape index (κ1) is 16.4. The third-order valence-corrected chi connectivity index (χ3v) is 4.55. The summed E-state index contributed by atoms with van der Waals surface area (Å²) in [5.74, 6) is -0.858. The molecule has 0 saturated carbocycles. The van der Waals surface area contributed by atoms with Crippen molar-refractivity contribution in [2.24, 2.45) is 0 Å². The van der Waals surface area contributed by atoms with Crippen molar-refractivity contribution < 1.29 is 14.7 Å². The molecule has 2 aromatic heterocycles. The standard InChI is InChI=1S/C17H22N4O3/c1-2-13(16(22)21-7-3-4-8-21)19-9-11-5-6-18-15-14(11)12(10-20-15)17(23)24/h5-6,10,13,19H,2-4,7-9H2,1H3,(H,18,20)(H,23,24). The molecule has 0 radical (unpaired) electrons. The molecule has 7 heteroatoms. The average molecular weight is 330 g/mol.